The summed E-state index contributed by atoms with van der Waals surface area (Å²) in [5.41, 5.74) is 8.28. The van der Waals surface area contributed by atoms with Crippen molar-refractivity contribution in [1.82, 2.24) is 25.9 Å². The molecule has 8 nitrogen and oxygen atoms in total. The Morgan fingerprint density at radius 3 is 2.60 bits per heavy atom. The number of hydrazine groups is 2. The zero-order valence-electron chi connectivity index (χ0n) is 24.1. The number of nitriles is 1. The predicted molar refractivity (Wildman–Crippen MR) is 164 cm³/mol. The topological polar surface area (TPSA) is 101 Å². The van der Waals surface area contributed by atoms with Crippen molar-refractivity contribution >= 4 is 44.7 Å². The summed E-state index contributed by atoms with van der Waals surface area (Å²) in [4.78, 5) is 8.72. The van der Waals surface area contributed by atoms with E-state index in [9.17, 15) is 14.0 Å². The van der Waals surface area contributed by atoms with Crippen LogP contribution in [0.2, 0.25) is 5.02 Å². The highest BCUT2D eigenvalue weighted by atomic mass is 35.5. The number of rotatable bonds is 8. The molecule has 0 radical (unpaired) electrons. The first-order chi connectivity index (χ1) is 19.9. The summed E-state index contributed by atoms with van der Waals surface area (Å²) in [5, 5.41) is 21.2. The Morgan fingerprint density at radius 2 is 1.88 bits per heavy atom. The first-order valence-electron chi connectivity index (χ1n) is 13.6. The molecule has 1 aliphatic heterocycles. The standard InChI is InChI=1S/C31H33ClF2N8/c1-30(2,3)17-38-26-19(13-35)15-37-27-23(26)11-20(12-24(27)32)39-28(22-8-6-7-18-14-36-10-9-21(18)22)25-16-42(41-40-25)31(4,5)29(33)34/h6-12,14-16,28-29,39-41H,17H2,1-5H3,(H,37,38)/t28-/m0/s1. The molecule has 0 saturated heterocycles. The summed E-state index contributed by atoms with van der Waals surface area (Å²) in [6.45, 7) is 9.87. The number of hydrogen-bond acceptors (Lipinski definition) is 8. The second-order valence-corrected chi connectivity index (χ2v) is 12.5. The summed E-state index contributed by atoms with van der Waals surface area (Å²) in [6, 6.07) is 13.2. The molecule has 0 spiro atoms. The van der Waals surface area contributed by atoms with Crippen molar-refractivity contribution in [3.05, 3.63) is 83.0 Å². The molecule has 3 heterocycles. The van der Waals surface area contributed by atoms with Gasteiger partial charge < -0.3 is 16.1 Å². The van der Waals surface area contributed by atoms with Gasteiger partial charge in [0.05, 0.1) is 33.5 Å². The largest absolute Gasteiger partial charge is 0.383 e. The molecule has 4 aromatic rings. The number of pyridine rings is 2. The lowest BCUT2D eigenvalue weighted by Crippen LogP contribution is -2.53. The molecule has 42 heavy (non-hydrogen) atoms. The maximum atomic E-state index is 13.9. The Morgan fingerprint density at radius 1 is 1.10 bits per heavy atom. The summed E-state index contributed by atoms with van der Waals surface area (Å²) < 4.78 is 27.8. The number of halogens is 3. The fraction of sp³-hybridized carbons (Fsp3) is 0.323. The highest BCUT2D eigenvalue weighted by molar-refractivity contribution is 6.35. The van der Waals surface area contributed by atoms with Crippen LogP contribution in [-0.2, 0) is 0 Å². The van der Waals surface area contributed by atoms with E-state index >= 15 is 0 Å². The molecular weight excluding hydrogens is 558 g/mol. The zero-order valence-corrected chi connectivity index (χ0v) is 24.8. The SMILES string of the molecule is CC(C)(C)CNc1c(C#N)cnc2c(Cl)cc(N[C@H](C3=CN(C(C)(C)C(F)F)NN3)c3cccc4cnccc34)cc12. The molecule has 1 aliphatic rings. The molecule has 5 rings (SSSR count). The van der Waals surface area contributed by atoms with E-state index in [-0.39, 0.29) is 5.41 Å². The maximum absolute atomic E-state index is 13.9. The average Bonchev–Trinajstić information content (AvgIpc) is 3.45. The van der Waals surface area contributed by atoms with Crippen molar-refractivity contribution in [2.24, 2.45) is 5.41 Å². The normalized spacial score (nSPS) is 14.6. The van der Waals surface area contributed by atoms with Gasteiger partial charge in [0.1, 0.15) is 11.6 Å². The van der Waals surface area contributed by atoms with Gasteiger partial charge in [0.2, 0.25) is 0 Å². The molecular formula is C31H33ClF2N8. The minimum absolute atomic E-state index is 0.0399. The zero-order chi connectivity index (χ0) is 30.2. The Balaban J connectivity index is 1.64. The number of alkyl halides is 2. The van der Waals surface area contributed by atoms with Gasteiger partial charge in [-0.2, -0.15) is 5.26 Å². The van der Waals surface area contributed by atoms with Crippen molar-refractivity contribution in [2.45, 2.75) is 52.6 Å². The second kappa shape index (κ2) is 11.2. The Labute approximate surface area is 248 Å². The fourth-order valence-electron chi connectivity index (χ4n) is 4.75. The van der Waals surface area contributed by atoms with E-state index in [1.54, 1.807) is 24.7 Å². The molecule has 0 unspecified atom stereocenters. The lowest BCUT2D eigenvalue weighted by Gasteiger charge is -2.33. The van der Waals surface area contributed by atoms with Crippen molar-refractivity contribution in [3.8, 4) is 6.07 Å². The van der Waals surface area contributed by atoms with E-state index in [4.69, 9.17) is 11.6 Å². The molecule has 2 aromatic heterocycles. The number of nitrogens with one attached hydrogen (secondary N) is 4. The van der Waals surface area contributed by atoms with Gasteiger partial charge in [-0.05, 0) is 48.4 Å². The van der Waals surface area contributed by atoms with Crippen molar-refractivity contribution in [1.29, 1.82) is 5.26 Å². The predicted octanol–water partition coefficient (Wildman–Crippen LogP) is 7.13. The van der Waals surface area contributed by atoms with Crippen LogP contribution in [0.15, 0.2) is 66.9 Å². The van der Waals surface area contributed by atoms with Gasteiger partial charge in [-0.1, -0.05) is 50.6 Å². The van der Waals surface area contributed by atoms with E-state index in [0.717, 1.165) is 16.3 Å². The highest BCUT2D eigenvalue weighted by Crippen LogP contribution is 2.38. The number of aromatic nitrogens is 2. The second-order valence-electron chi connectivity index (χ2n) is 12.1. The first kappa shape index (κ1) is 29.3. The molecule has 1 atom stereocenters. The molecule has 2 aromatic carbocycles. The van der Waals surface area contributed by atoms with Crippen molar-refractivity contribution in [3.63, 3.8) is 0 Å². The van der Waals surface area contributed by atoms with Gasteiger partial charge in [0, 0.05) is 47.8 Å². The van der Waals surface area contributed by atoms with Gasteiger partial charge in [-0.15, -0.1) is 5.53 Å². The van der Waals surface area contributed by atoms with Crippen LogP contribution in [0, 0.1) is 16.7 Å². The molecule has 0 saturated carbocycles. The van der Waals surface area contributed by atoms with Crippen LogP contribution in [0.4, 0.5) is 20.2 Å². The smallest absolute Gasteiger partial charge is 0.262 e. The quantitative estimate of drug-likeness (QED) is 0.172. The number of nitrogens with zero attached hydrogens (tertiary/aromatic N) is 4. The summed E-state index contributed by atoms with van der Waals surface area (Å²) in [7, 11) is 0. The van der Waals surface area contributed by atoms with E-state index in [0.29, 0.717) is 45.1 Å². The van der Waals surface area contributed by atoms with E-state index in [1.165, 1.54) is 25.1 Å². The monoisotopic (exact) mass is 590 g/mol. The number of benzene rings is 2. The molecule has 4 N–H and O–H groups in total. The van der Waals surface area contributed by atoms with E-state index in [2.05, 4.69) is 58.4 Å². The molecule has 0 bridgehead atoms. The van der Waals surface area contributed by atoms with E-state index in [1.807, 2.05) is 30.3 Å². The summed E-state index contributed by atoms with van der Waals surface area (Å²) in [5.74, 6) is 0. The third-order valence-electron chi connectivity index (χ3n) is 7.23. The third kappa shape index (κ3) is 5.75. The fourth-order valence-corrected chi connectivity index (χ4v) is 5.02. The molecule has 0 aliphatic carbocycles. The van der Waals surface area contributed by atoms with Gasteiger partial charge in [0.25, 0.3) is 6.43 Å². The number of hydrogen-bond donors (Lipinski definition) is 4. The van der Waals surface area contributed by atoms with Crippen molar-refractivity contribution < 1.29 is 8.78 Å². The van der Waals surface area contributed by atoms with Crippen LogP contribution in [-0.4, -0.2) is 33.5 Å². The molecule has 11 heteroatoms. The van der Waals surface area contributed by atoms with Crippen LogP contribution < -0.4 is 21.6 Å². The van der Waals surface area contributed by atoms with Gasteiger partial charge in [-0.3, -0.25) is 15.0 Å². The minimum atomic E-state index is -2.60. The molecule has 218 valence electrons. The Bertz CT molecular complexity index is 1700. The van der Waals surface area contributed by atoms with Gasteiger partial charge in [0.15, 0.2) is 0 Å². The van der Waals surface area contributed by atoms with Crippen LogP contribution in [0.3, 0.4) is 0 Å². The van der Waals surface area contributed by atoms with Crippen molar-refractivity contribution in [2.75, 3.05) is 17.2 Å². The maximum Gasteiger partial charge on any atom is 0.262 e. The lowest BCUT2D eigenvalue weighted by molar-refractivity contribution is -0.0311. The van der Waals surface area contributed by atoms with Crippen LogP contribution in [0.5, 0.6) is 0 Å². The van der Waals surface area contributed by atoms with Crippen LogP contribution >= 0.6 is 11.6 Å². The molecule has 0 amide bonds. The molecule has 0 fully saturated rings. The Kier molecular flexibility index (Phi) is 7.84. The first-order valence-corrected chi connectivity index (χ1v) is 13.9. The lowest BCUT2D eigenvalue weighted by atomic mass is 9.96. The Hall–Kier alpha value is -4.20. The summed E-state index contributed by atoms with van der Waals surface area (Å²) >= 11 is 6.77. The number of fused-ring (bicyclic) bond motifs is 2. The van der Waals surface area contributed by atoms with E-state index < -0.39 is 18.0 Å². The summed E-state index contributed by atoms with van der Waals surface area (Å²) in [6.07, 6.45) is 4.08. The van der Waals surface area contributed by atoms with Gasteiger partial charge >= 0.3 is 0 Å². The van der Waals surface area contributed by atoms with Crippen LogP contribution in [0.25, 0.3) is 21.7 Å². The average molecular weight is 591 g/mol. The minimum Gasteiger partial charge on any atom is -0.383 e. The highest BCUT2D eigenvalue weighted by Gasteiger charge is 2.38. The van der Waals surface area contributed by atoms with Gasteiger partial charge in [-0.25, -0.2) is 8.78 Å². The van der Waals surface area contributed by atoms with Crippen LogP contribution in [0.1, 0.15) is 51.8 Å². The third-order valence-corrected chi connectivity index (χ3v) is 7.52. The number of anilines is 2.